The molecule has 0 spiro atoms. The number of carbonyl (C=O) groups is 3. The summed E-state index contributed by atoms with van der Waals surface area (Å²) >= 11 is 3.12. The third-order valence-corrected chi connectivity index (χ3v) is 13.5. The van der Waals surface area contributed by atoms with Crippen LogP contribution < -0.4 is 20.7 Å². The van der Waals surface area contributed by atoms with Gasteiger partial charge in [-0.2, -0.15) is 5.26 Å². The highest BCUT2D eigenvalue weighted by Crippen LogP contribution is 2.35. The summed E-state index contributed by atoms with van der Waals surface area (Å²) in [7, 11) is 1.83. The summed E-state index contributed by atoms with van der Waals surface area (Å²) in [5, 5.41) is 28.8. The van der Waals surface area contributed by atoms with E-state index >= 15 is 0 Å². The van der Waals surface area contributed by atoms with Crippen LogP contribution in [0.1, 0.15) is 44.0 Å². The number of anilines is 1. The maximum Gasteiger partial charge on any atom is 0.246 e. The van der Waals surface area contributed by atoms with Crippen LogP contribution in [-0.4, -0.2) is 130 Å². The smallest absolute Gasteiger partial charge is 0.246 e. The average molecular weight is 963 g/mol. The second kappa shape index (κ2) is 21.2. The molecule has 3 amide bonds. The van der Waals surface area contributed by atoms with Crippen LogP contribution >= 0.6 is 22.7 Å². The first-order valence-electron chi connectivity index (χ1n) is 22.2. The fourth-order valence-corrected chi connectivity index (χ4v) is 9.87. The molecule has 8 rings (SSSR count). The minimum absolute atomic E-state index is 0.0183. The summed E-state index contributed by atoms with van der Waals surface area (Å²) in [4.78, 5) is 57.6. The SMILES string of the molecule is CNc1c(-c2cn3c(n2)sc2cc(OCCOCCOCCOCC(=O)N[C@H](C(=O)N4C[C@H](O)C[C@H]4C(=O)NCc4ccc(-c5scnc5C)cc4)C(C)(C)C)ccc23)nc2cc(C#N)ccn12. The number of aliphatic hydroxyl groups excluding tert-OH is 1. The quantitative estimate of drug-likeness (QED) is 0.0700. The van der Waals surface area contributed by atoms with Gasteiger partial charge >= 0.3 is 0 Å². The van der Waals surface area contributed by atoms with Gasteiger partial charge in [-0.1, -0.05) is 56.4 Å². The lowest BCUT2D eigenvalue weighted by atomic mass is 9.85. The van der Waals surface area contributed by atoms with Crippen molar-refractivity contribution in [1.29, 1.82) is 5.26 Å². The van der Waals surface area contributed by atoms with E-state index in [0.29, 0.717) is 49.1 Å². The first kappa shape index (κ1) is 48.0. The maximum atomic E-state index is 13.9. The number of β-amino-alcohol motifs (C(OH)–C–C–N with tert-alkyl or cyclic N) is 1. The van der Waals surface area contributed by atoms with Crippen molar-refractivity contribution in [3.63, 3.8) is 0 Å². The van der Waals surface area contributed by atoms with Crippen LogP contribution in [0.25, 0.3) is 42.7 Å². The molecule has 20 heteroatoms. The fourth-order valence-electron chi connectivity index (χ4n) is 8.02. The number of amides is 3. The molecule has 18 nitrogen and oxygen atoms in total. The zero-order chi connectivity index (χ0) is 48.0. The molecule has 1 aliphatic heterocycles. The van der Waals surface area contributed by atoms with Crippen molar-refractivity contribution >= 4 is 67.0 Å². The van der Waals surface area contributed by atoms with Crippen molar-refractivity contribution in [2.24, 2.45) is 5.41 Å². The maximum absolute atomic E-state index is 13.9. The number of nitrogens with zero attached hydrogens (tertiary/aromatic N) is 7. The lowest BCUT2D eigenvalue weighted by Gasteiger charge is -2.35. The van der Waals surface area contributed by atoms with Crippen LogP contribution in [0.5, 0.6) is 5.75 Å². The molecule has 68 heavy (non-hydrogen) atoms. The number of nitriles is 1. The zero-order valence-corrected chi connectivity index (χ0v) is 40.1. The molecule has 7 aromatic rings. The largest absolute Gasteiger partial charge is 0.491 e. The third-order valence-electron chi connectivity index (χ3n) is 11.5. The van der Waals surface area contributed by atoms with E-state index in [2.05, 4.69) is 27.0 Å². The first-order chi connectivity index (χ1) is 32.8. The van der Waals surface area contributed by atoms with Gasteiger partial charge in [-0.25, -0.2) is 15.0 Å². The Morgan fingerprint density at radius 1 is 0.971 bits per heavy atom. The normalized spacial score (nSPS) is 15.5. The number of carbonyl (C=O) groups excluding carboxylic acids is 3. The molecule has 6 heterocycles. The van der Waals surface area contributed by atoms with E-state index in [-0.39, 0.29) is 45.2 Å². The third kappa shape index (κ3) is 10.9. The van der Waals surface area contributed by atoms with Gasteiger partial charge < -0.3 is 44.9 Å². The lowest BCUT2D eigenvalue weighted by Crippen LogP contribution is -2.58. The summed E-state index contributed by atoms with van der Waals surface area (Å²) in [6.07, 6.45) is 3.01. The van der Waals surface area contributed by atoms with E-state index in [4.69, 9.17) is 28.9 Å². The zero-order valence-electron chi connectivity index (χ0n) is 38.5. The molecule has 356 valence electrons. The highest BCUT2D eigenvalue weighted by molar-refractivity contribution is 7.23. The van der Waals surface area contributed by atoms with Gasteiger partial charge in [0.25, 0.3) is 0 Å². The van der Waals surface area contributed by atoms with Crippen molar-refractivity contribution in [3.05, 3.63) is 89.3 Å². The topological polar surface area (TPSA) is 219 Å². The van der Waals surface area contributed by atoms with Crippen LogP contribution in [0.4, 0.5) is 5.82 Å². The average Bonchev–Trinajstić information content (AvgIpc) is 4.17. The Kier molecular flexibility index (Phi) is 15.0. The van der Waals surface area contributed by atoms with Crippen molar-refractivity contribution < 1.29 is 38.4 Å². The van der Waals surface area contributed by atoms with Gasteiger partial charge in [0, 0.05) is 39.0 Å². The van der Waals surface area contributed by atoms with Crippen LogP contribution in [0.15, 0.2) is 72.5 Å². The van der Waals surface area contributed by atoms with Crippen molar-refractivity contribution in [2.45, 2.75) is 58.8 Å². The van der Waals surface area contributed by atoms with Gasteiger partial charge in [0.15, 0.2) is 4.96 Å². The number of aryl methyl sites for hydroxylation is 1. The number of pyridine rings is 1. The van der Waals surface area contributed by atoms with Gasteiger partial charge in [-0.05, 0) is 53.8 Å². The molecular weight excluding hydrogens is 909 g/mol. The Morgan fingerprint density at radius 3 is 2.43 bits per heavy atom. The van der Waals surface area contributed by atoms with Crippen molar-refractivity contribution in [3.8, 4) is 33.6 Å². The number of aromatic nitrogens is 5. The first-order valence-corrected chi connectivity index (χ1v) is 23.9. The lowest BCUT2D eigenvalue weighted by molar-refractivity contribution is -0.144. The summed E-state index contributed by atoms with van der Waals surface area (Å²) < 4.78 is 27.7. The van der Waals surface area contributed by atoms with Gasteiger partial charge in [-0.3, -0.25) is 23.2 Å². The van der Waals surface area contributed by atoms with E-state index in [1.807, 2.05) is 104 Å². The monoisotopic (exact) mass is 962 g/mol. The standard InChI is InChI=1S/C48H54N10O8S2/c1-29-42(67-28-52-29)32-8-6-30(7-9-32)24-51-45(61)37-21-33(59)25-57(37)46(62)43(48(2,3)4)55-40(60)27-65-17-16-63-14-15-64-18-19-66-34-10-11-36-38(22-34)68-47-53-35(26-58(36)47)41-44(50-5)56-13-12-31(23-49)20-39(56)54-41/h6-13,20,22,26,28,33,37,43,50,59H,14-19,21,24-25,27H2,1-5H3,(H,51,61)(H,55,60)/t33-,37+,43-/m1/s1. The number of fused-ring (bicyclic) bond motifs is 4. The number of hydrogen-bond donors (Lipinski definition) is 4. The Morgan fingerprint density at radius 2 is 1.72 bits per heavy atom. The number of hydrogen-bond acceptors (Lipinski definition) is 15. The molecule has 1 saturated heterocycles. The molecule has 0 saturated carbocycles. The van der Waals surface area contributed by atoms with Gasteiger partial charge in [0.05, 0.1) is 77.1 Å². The van der Waals surface area contributed by atoms with E-state index in [0.717, 1.165) is 48.4 Å². The van der Waals surface area contributed by atoms with Gasteiger partial charge in [0.1, 0.15) is 53.9 Å². The predicted molar refractivity (Wildman–Crippen MR) is 259 cm³/mol. The predicted octanol–water partition coefficient (Wildman–Crippen LogP) is 5.45. The Bertz CT molecular complexity index is 2950. The molecule has 3 atom stereocenters. The molecule has 0 radical (unpaired) electrons. The Labute approximate surface area is 400 Å². The number of nitrogens with one attached hydrogen (secondary N) is 3. The number of imidazole rings is 2. The molecule has 1 fully saturated rings. The van der Waals surface area contributed by atoms with E-state index in [9.17, 15) is 24.8 Å². The number of likely N-dealkylation sites (tertiary alicyclic amines) is 1. The molecule has 0 aliphatic carbocycles. The number of thiazole rings is 2. The highest BCUT2D eigenvalue weighted by Gasteiger charge is 2.44. The molecule has 2 aromatic carbocycles. The molecule has 0 bridgehead atoms. The summed E-state index contributed by atoms with van der Waals surface area (Å²) in [5.41, 5.74) is 7.62. The minimum atomic E-state index is -0.968. The molecule has 5 aromatic heterocycles. The number of aliphatic hydroxyl groups is 1. The van der Waals surface area contributed by atoms with Gasteiger partial charge in [-0.15, -0.1) is 11.3 Å². The second-order valence-corrected chi connectivity index (χ2v) is 19.3. The van der Waals surface area contributed by atoms with Crippen LogP contribution in [0, 0.1) is 23.7 Å². The fraction of sp³-hybridized carbons (Fsp3) is 0.396. The Hall–Kier alpha value is -6.47. The highest BCUT2D eigenvalue weighted by atomic mass is 32.1. The Balaban J connectivity index is 0.717. The number of benzene rings is 2. The summed E-state index contributed by atoms with van der Waals surface area (Å²) in [6, 6.07) is 17.6. The van der Waals surface area contributed by atoms with Crippen molar-refractivity contribution in [1.82, 2.24) is 39.3 Å². The summed E-state index contributed by atoms with van der Waals surface area (Å²) in [6.45, 7) is 9.15. The number of rotatable bonds is 20. The van der Waals surface area contributed by atoms with Crippen molar-refractivity contribution in [2.75, 3.05) is 65.2 Å². The molecular formula is C48H54N10O8S2. The van der Waals surface area contributed by atoms with E-state index in [1.54, 1.807) is 34.8 Å². The molecule has 1 aliphatic rings. The van der Waals surface area contributed by atoms with Crippen LogP contribution in [0.3, 0.4) is 0 Å². The second-order valence-electron chi connectivity index (χ2n) is 17.4. The molecule has 4 N–H and O–H groups in total. The van der Waals surface area contributed by atoms with E-state index < -0.39 is 35.4 Å². The minimum Gasteiger partial charge on any atom is -0.491 e. The van der Waals surface area contributed by atoms with E-state index in [1.165, 1.54) is 4.90 Å². The van der Waals surface area contributed by atoms with Crippen LogP contribution in [0.2, 0.25) is 0 Å². The van der Waals surface area contributed by atoms with Crippen LogP contribution in [-0.2, 0) is 35.1 Å². The summed E-state index contributed by atoms with van der Waals surface area (Å²) in [5.74, 6) is 0.197. The number of ether oxygens (including phenoxy) is 4. The van der Waals surface area contributed by atoms with Gasteiger partial charge in [0.2, 0.25) is 17.7 Å². The molecule has 0 unspecified atom stereocenters.